The molecule has 0 fully saturated rings. The number of nitrogens with zero attached hydrogens (tertiary/aromatic N) is 3. The number of hydrogen-bond acceptors (Lipinski definition) is 5. The van der Waals surface area contributed by atoms with E-state index in [1.165, 1.54) is 35.6 Å². The van der Waals surface area contributed by atoms with E-state index in [0.29, 0.717) is 16.9 Å². The fourth-order valence-electron chi connectivity index (χ4n) is 2.65. The maximum absolute atomic E-state index is 12.5. The molecule has 31 heavy (non-hydrogen) atoms. The molecule has 0 radical (unpaired) electrons. The molecule has 0 bridgehead atoms. The fourth-order valence-corrected chi connectivity index (χ4v) is 4.01. The number of rotatable bonds is 7. The summed E-state index contributed by atoms with van der Waals surface area (Å²) in [6.07, 6.45) is 0. The van der Waals surface area contributed by atoms with Crippen molar-refractivity contribution in [3.63, 3.8) is 0 Å². The molecule has 0 unspecified atom stereocenters. The Morgan fingerprint density at radius 1 is 0.839 bits per heavy atom. The van der Waals surface area contributed by atoms with E-state index in [9.17, 15) is 13.2 Å². The van der Waals surface area contributed by atoms with Crippen molar-refractivity contribution in [1.29, 1.82) is 0 Å². The van der Waals surface area contributed by atoms with Gasteiger partial charge in [0.15, 0.2) is 0 Å². The molecule has 0 spiro atoms. The molecule has 3 aromatic carbocycles. The topological polar surface area (TPSA) is 91.2 Å². The summed E-state index contributed by atoms with van der Waals surface area (Å²) in [4.78, 5) is 12.6. The van der Waals surface area contributed by atoms with E-state index < -0.39 is 10.0 Å². The van der Waals surface area contributed by atoms with Crippen LogP contribution in [0.2, 0.25) is 0 Å². The molecule has 0 aromatic heterocycles. The molecule has 0 aliphatic rings. The zero-order chi connectivity index (χ0) is 22.4. The van der Waals surface area contributed by atoms with Crippen LogP contribution in [0.5, 0.6) is 0 Å². The Morgan fingerprint density at radius 3 is 1.94 bits per heavy atom. The largest absolute Gasteiger partial charge is 0.322 e. The van der Waals surface area contributed by atoms with E-state index in [0.717, 1.165) is 5.69 Å². The van der Waals surface area contributed by atoms with Crippen molar-refractivity contribution in [2.45, 2.75) is 24.8 Å². The summed E-state index contributed by atoms with van der Waals surface area (Å²) in [5.74, 6) is -0.333. The van der Waals surface area contributed by atoms with E-state index >= 15 is 0 Å². The Bertz CT molecular complexity index is 1160. The Labute approximate surface area is 182 Å². The highest BCUT2D eigenvalue weighted by Gasteiger charge is 2.23. The van der Waals surface area contributed by atoms with Gasteiger partial charge in [0.1, 0.15) is 0 Å². The van der Waals surface area contributed by atoms with Gasteiger partial charge in [-0.25, -0.2) is 8.42 Å². The zero-order valence-electron chi connectivity index (χ0n) is 17.6. The highest BCUT2D eigenvalue weighted by atomic mass is 32.2. The van der Waals surface area contributed by atoms with Gasteiger partial charge in [-0.2, -0.15) is 14.5 Å². The van der Waals surface area contributed by atoms with E-state index in [1.54, 1.807) is 38.1 Å². The number of sulfonamides is 1. The van der Waals surface area contributed by atoms with Crippen LogP contribution in [-0.4, -0.2) is 31.7 Å². The predicted molar refractivity (Wildman–Crippen MR) is 122 cm³/mol. The monoisotopic (exact) mass is 436 g/mol. The molecule has 3 rings (SSSR count). The van der Waals surface area contributed by atoms with E-state index in [1.807, 2.05) is 30.3 Å². The van der Waals surface area contributed by atoms with Crippen LogP contribution in [0.25, 0.3) is 0 Å². The summed E-state index contributed by atoms with van der Waals surface area (Å²) in [7, 11) is -2.06. The highest BCUT2D eigenvalue weighted by Crippen LogP contribution is 2.21. The first-order valence-corrected chi connectivity index (χ1v) is 11.2. The number of azo groups is 1. The average molecular weight is 437 g/mol. The lowest BCUT2D eigenvalue weighted by Gasteiger charge is -2.21. The molecule has 0 aliphatic carbocycles. The normalized spacial score (nSPS) is 11.9. The summed E-state index contributed by atoms with van der Waals surface area (Å²) in [6.45, 7) is 3.60. The Balaban J connectivity index is 1.65. The average Bonchev–Trinajstić information content (AvgIpc) is 2.78. The van der Waals surface area contributed by atoms with Gasteiger partial charge in [-0.1, -0.05) is 18.2 Å². The number of hydrogen-bond donors (Lipinski definition) is 1. The lowest BCUT2D eigenvalue weighted by Crippen LogP contribution is -2.33. The second-order valence-corrected chi connectivity index (χ2v) is 9.17. The molecule has 0 heterocycles. The quantitative estimate of drug-likeness (QED) is 0.504. The minimum atomic E-state index is -3.59. The smallest absolute Gasteiger partial charge is 0.255 e. The molecule has 160 valence electrons. The SMILES string of the molecule is CC(C)N(C)S(=O)(=O)c1ccc(C(=O)Nc2ccc(N=Nc3ccccc3)cc2)cc1. The second-order valence-electron chi connectivity index (χ2n) is 7.18. The van der Waals surface area contributed by atoms with Gasteiger partial charge in [0.2, 0.25) is 10.0 Å². The standard InChI is InChI=1S/C23H24N4O3S/c1-17(2)27(3)31(29,30)22-15-9-18(10-16-22)23(28)24-19-11-13-21(14-12-19)26-25-20-7-5-4-6-8-20/h4-17H,1-3H3,(H,24,28). The Hall–Kier alpha value is -3.36. The molecular formula is C23H24N4O3S. The molecule has 0 saturated carbocycles. The maximum Gasteiger partial charge on any atom is 0.255 e. The van der Waals surface area contributed by atoms with Crippen LogP contribution in [-0.2, 0) is 10.0 Å². The van der Waals surface area contributed by atoms with Gasteiger partial charge in [-0.05, 0) is 74.5 Å². The minimum absolute atomic E-state index is 0.147. The Morgan fingerprint density at radius 2 is 1.39 bits per heavy atom. The molecular weight excluding hydrogens is 412 g/mol. The van der Waals surface area contributed by atoms with Crippen LogP contribution in [0.4, 0.5) is 17.1 Å². The predicted octanol–water partition coefficient (Wildman–Crippen LogP) is 5.38. The molecule has 7 nitrogen and oxygen atoms in total. The van der Waals surface area contributed by atoms with Crippen LogP contribution in [0.15, 0.2) is 94.0 Å². The third kappa shape index (κ3) is 5.62. The van der Waals surface area contributed by atoms with Crippen molar-refractivity contribution in [1.82, 2.24) is 4.31 Å². The summed E-state index contributed by atoms with van der Waals surface area (Å²) in [5, 5.41) is 11.1. The first-order valence-electron chi connectivity index (χ1n) is 9.73. The molecule has 0 atom stereocenters. The van der Waals surface area contributed by atoms with Crippen molar-refractivity contribution in [2.24, 2.45) is 10.2 Å². The van der Waals surface area contributed by atoms with Crippen LogP contribution in [0.3, 0.4) is 0 Å². The number of amides is 1. The summed E-state index contributed by atoms with van der Waals surface area (Å²) >= 11 is 0. The van der Waals surface area contributed by atoms with Gasteiger partial charge in [-0.15, -0.1) is 0 Å². The van der Waals surface area contributed by atoms with Crippen molar-refractivity contribution >= 4 is 33.0 Å². The molecule has 1 amide bonds. The third-order valence-electron chi connectivity index (χ3n) is 4.68. The number of nitrogens with one attached hydrogen (secondary N) is 1. The molecule has 3 aromatic rings. The van der Waals surface area contributed by atoms with E-state index in [-0.39, 0.29) is 16.8 Å². The maximum atomic E-state index is 12.5. The van der Waals surface area contributed by atoms with Gasteiger partial charge in [0, 0.05) is 24.3 Å². The van der Waals surface area contributed by atoms with E-state index in [4.69, 9.17) is 0 Å². The van der Waals surface area contributed by atoms with E-state index in [2.05, 4.69) is 15.5 Å². The lowest BCUT2D eigenvalue weighted by atomic mass is 10.2. The van der Waals surface area contributed by atoms with Crippen LogP contribution in [0.1, 0.15) is 24.2 Å². The molecule has 0 saturated heterocycles. The first-order chi connectivity index (χ1) is 14.8. The molecule has 0 aliphatic heterocycles. The van der Waals surface area contributed by atoms with Crippen molar-refractivity contribution in [2.75, 3.05) is 12.4 Å². The number of benzene rings is 3. The summed E-state index contributed by atoms with van der Waals surface area (Å²) in [5.41, 5.74) is 2.37. The Kier molecular flexibility index (Phi) is 6.94. The van der Waals surface area contributed by atoms with Crippen LogP contribution < -0.4 is 5.32 Å². The second kappa shape index (κ2) is 9.63. The van der Waals surface area contributed by atoms with Gasteiger partial charge < -0.3 is 5.32 Å². The van der Waals surface area contributed by atoms with Crippen molar-refractivity contribution < 1.29 is 13.2 Å². The highest BCUT2D eigenvalue weighted by molar-refractivity contribution is 7.89. The number of anilines is 1. The van der Waals surface area contributed by atoms with Crippen LogP contribution >= 0.6 is 0 Å². The molecule has 1 N–H and O–H groups in total. The number of carbonyl (C=O) groups excluding carboxylic acids is 1. The lowest BCUT2D eigenvalue weighted by molar-refractivity contribution is 0.102. The first kappa shape index (κ1) is 22.3. The van der Waals surface area contributed by atoms with Gasteiger partial charge >= 0.3 is 0 Å². The fraction of sp³-hybridized carbons (Fsp3) is 0.174. The van der Waals surface area contributed by atoms with Gasteiger partial charge in [-0.3, -0.25) is 4.79 Å². The minimum Gasteiger partial charge on any atom is -0.322 e. The summed E-state index contributed by atoms with van der Waals surface area (Å²) < 4.78 is 26.4. The van der Waals surface area contributed by atoms with Crippen molar-refractivity contribution in [3.05, 3.63) is 84.4 Å². The van der Waals surface area contributed by atoms with Gasteiger partial charge in [0.25, 0.3) is 5.91 Å². The van der Waals surface area contributed by atoms with Gasteiger partial charge in [0.05, 0.1) is 16.3 Å². The van der Waals surface area contributed by atoms with Crippen molar-refractivity contribution in [3.8, 4) is 0 Å². The zero-order valence-corrected chi connectivity index (χ0v) is 18.4. The number of carbonyl (C=O) groups is 1. The summed E-state index contributed by atoms with van der Waals surface area (Å²) in [6, 6.07) is 22.1. The molecule has 8 heteroatoms. The third-order valence-corrected chi connectivity index (χ3v) is 6.73. The van der Waals surface area contributed by atoms with Crippen LogP contribution in [0, 0.1) is 0 Å².